The van der Waals surface area contributed by atoms with Crippen molar-refractivity contribution in [3.05, 3.63) is 59.7 Å². The van der Waals surface area contributed by atoms with Crippen LogP contribution in [-0.2, 0) is 14.6 Å². The van der Waals surface area contributed by atoms with E-state index >= 15 is 0 Å². The normalized spacial score (nSPS) is 17.9. The van der Waals surface area contributed by atoms with Crippen molar-refractivity contribution < 1.29 is 13.2 Å². The summed E-state index contributed by atoms with van der Waals surface area (Å²) in [5.41, 5.74) is 9.80. The van der Waals surface area contributed by atoms with Crippen LogP contribution in [0.15, 0.2) is 48.5 Å². The number of anilines is 2. The van der Waals surface area contributed by atoms with Crippen molar-refractivity contribution in [2.24, 2.45) is 5.92 Å². The summed E-state index contributed by atoms with van der Waals surface area (Å²) in [6, 6.07) is 16.0. The minimum atomic E-state index is -2.74. The standard InChI is InChI=1S/C13H17NO.C7H9N.C4H10O2S/c1-10-3-2-4-13(10)11-5-7-12(8-6-11)14-9-15;1-6-3-2-4-7(8)5-6;1-4(2)7(3,5)6/h5-10,13H,2-4H2,1H3,(H,14,15);2-5H,8H2,1H3;4H,1-3H3. The van der Waals surface area contributed by atoms with Crippen LogP contribution < -0.4 is 11.1 Å². The van der Waals surface area contributed by atoms with E-state index in [4.69, 9.17) is 5.73 Å². The van der Waals surface area contributed by atoms with E-state index in [1.807, 2.05) is 43.3 Å². The molecule has 2 aromatic carbocycles. The SMILES string of the molecule is CC(C)S(C)(=O)=O.CC1CCCC1c1ccc(NC=O)cc1.Cc1cccc(N)c1. The topological polar surface area (TPSA) is 89.3 Å². The molecule has 6 heteroatoms. The van der Waals surface area contributed by atoms with Crippen molar-refractivity contribution in [3.8, 4) is 0 Å². The molecule has 0 saturated heterocycles. The molecule has 0 aliphatic heterocycles. The summed E-state index contributed by atoms with van der Waals surface area (Å²) in [4.78, 5) is 10.3. The van der Waals surface area contributed by atoms with Crippen LogP contribution in [0.2, 0.25) is 0 Å². The molecule has 3 rings (SSSR count). The molecule has 2 aromatic rings. The summed E-state index contributed by atoms with van der Waals surface area (Å²) in [6.45, 7) is 7.68. The number of hydrogen-bond acceptors (Lipinski definition) is 4. The first-order valence-electron chi connectivity index (χ1n) is 10.4. The number of nitrogens with one attached hydrogen (secondary N) is 1. The van der Waals surface area contributed by atoms with E-state index in [1.165, 1.54) is 36.6 Å². The molecule has 0 aromatic heterocycles. The Morgan fingerprint density at radius 3 is 2.07 bits per heavy atom. The van der Waals surface area contributed by atoms with Gasteiger partial charge in [-0.1, -0.05) is 44.0 Å². The minimum Gasteiger partial charge on any atom is -0.399 e. The smallest absolute Gasteiger partial charge is 0.211 e. The lowest BCUT2D eigenvalue weighted by Crippen LogP contribution is -2.10. The first-order chi connectivity index (χ1) is 14.0. The fourth-order valence-corrected chi connectivity index (χ4v) is 3.21. The van der Waals surface area contributed by atoms with Gasteiger partial charge < -0.3 is 11.1 Å². The predicted octanol–water partition coefficient (Wildman–Crippen LogP) is 5.18. The van der Waals surface area contributed by atoms with Gasteiger partial charge in [-0.05, 0) is 74.4 Å². The van der Waals surface area contributed by atoms with E-state index < -0.39 is 9.84 Å². The zero-order chi connectivity index (χ0) is 22.7. The monoisotopic (exact) mass is 432 g/mol. The second-order valence-corrected chi connectivity index (χ2v) is 10.8. The molecule has 3 N–H and O–H groups in total. The molecular weight excluding hydrogens is 396 g/mol. The van der Waals surface area contributed by atoms with E-state index in [0.29, 0.717) is 6.41 Å². The molecule has 30 heavy (non-hydrogen) atoms. The van der Waals surface area contributed by atoms with Gasteiger partial charge >= 0.3 is 0 Å². The maximum absolute atomic E-state index is 10.3. The van der Waals surface area contributed by atoms with E-state index in [-0.39, 0.29) is 5.25 Å². The van der Waals surface area contributed by atoms with Gasteiger partial charge in [-0.15, -0.1) is 0 Å². The summed E-state index contributed by atoms with van der Waals surface area (Å²) in [5.74, 6) is 1.52. The van der Waals surface area contributed by atoms with Crippen LogP contribution in [0.3, 0.4) is 0 Å². The van der Waals surface area contributed by atoms with E-state index in [0.717, 1.165) is 23.2 Å². The zero-order valence-corrected chi connectivity index (χ0v) is 19.6. The highest BCUT2D eigenvalue weighted by molar-refractivity contribution is 7.91. The number of sulfone groups is 1. The molecule has 0 spiro atoms. The molecule has 1 aliphatic carbocycles. The number of benzene rings is 2. The summed E-state index contributed by atoms with van der Waals surface area (Å²) < 4.78 is 20.7. The highest BCUT2D eigenvalue weighted by atomic mass is 32.2. The maximum Gasteiger partial charge on any atom is 0.211 e. The first-order valence-corrected chi connectivity index (χ1v) is 12.3. The van der Waals surface area contributed by atoms with Crippen LogP contribution in [0.1, 0.15) is 57.1 Å². The number of rotatable bonds is 4. The van der Waals surface area contributed by atoms with Gasteiger partial charge in [0.05, 0.1) is 5.25 Å². The molecule has 166 valence electrons. The van der Waals surface area contributed by atoms with Crippen molar-refractivity contribution in [2.45, 2.75) is 58.1 Å². The highest BCUT2D eigenvalue weighted by Crippen LogP contribution is 2.39. The van der Waals surface area contributed by atoms with Crippen molar-refractivity contribution in [1.82, 2.24) is 0 Å². The number of nitrogens with two attached hydrogens (primary N) is 1. The first kappa shape index (κ1) is 25.7. The molecule has 2 unspecified atom stereocenters. The lowest BCUT2D eigenvalue weighted by atomic mass is 9.90. The third kappa shape index (κ3) is 9.44. The third-order valence-corrected chi connectivity index (χ3v) is 7.04. The van der Waals surface area contributed by atoms with Crippen LogP contribution in [-0.4, -0.2) is 26.3 Å². The molecule has 1 aliphatic rings. The molecule has 0 radical (unpaired) electrons. The Morgan fingerprint density at radius 1 is 1.10 bits per heavy atom. The van der Waals surface area contributed by atoms with Gasteiger partial charge in [-0.25, -0.2) is 8.42 Å². The Kier molecular flexibility index (Phi) is 10.6. The fraction of sp³-hybridized carbons (Fsp3) is 0.458. The van der Waals surface area contributed by atoms with Gasteiger partial charge in [0.25, 0.3) is 0 Å². The Bertz CT molecular complexity index is 860. The number of carbonyl (C=O) groups excluding carboxylic acids is 1. The average molecular weight is 433 g/mol. The average Bonchev–Trinajstić information content (AvgIpc) is 3.09. The van der Waals surface area contributed by atoms with Crippen molar-refractivity contribution in [2.75, 3.05) is 17.3 Å². The fourth-order valence-electron chi connectivity index (χ4n) is 3.21. The molecule has 0 heterocycles. The molecule has 1 amide bonds. The summed E-state index contributed by atoms with van der Waals surface area (Å²) >= 11 is 0. The van der Waals surface area contributed by atoms with Gasteiger partial charge in [0.1, 0.15) is 9.84 Å². The summed E-state index contributed by atoms with van der Waals surface area (Å²) in [7, 11) is -2.74. The Balaban J connectivity index is 0.000000254. The predicted molar refractivity (Wildman–Crippen MR) is 127 cm³/mol. The van der Waals surface area contributed by atoms with Crippen molar-refractivity contribution >= 4 is 27.6 Å². The van der Waals surface area contributed by atoms with Gasteiger partial charge in [0.2, 0.25) is 6.41 Å². The lowest BCUT2D eigenvalue weighted by molar-refractivity contribution is -0.105. The van der Waals surface area contributed by atoms with E-state index in [2.05, 4.69) is 24.4 Å². The Morgan fingerprint density at radius 2 is 1.70 bits per heavy atom. The number of carbonyl (C=O) groups is 1. The van der Waals surface area contributed by atoms with Crippen molar-refractivity contribution in [3.63, 3.8) is 0 Å². The Labute approximate surface area is 182 Å². The molecule has 1 fully saturated rings. The molecule has 2 atom stereocenters. The summed E-state index contributed by atoms with van der Waals surface area (Å²) in [5, 5.41) is 2.43. The quantitative estimate of drug-likeness (QED) is 0.515. The van der Waals surface area contributed by atoms with E-state index in [1.54, 1.807) is 13.8 Å². The maximum atomic E-state index is 10.3. The number of hydrogen-bond donors (Lipinski definition) is 2. The number of amides is 1. The van der Waals surface area contributed by atoms with Gasteiger partial charge in [-0.2, -0.15) is 0 Å². The van der Waals surface area contributed by atoms with Crippen LogP contribution in [0.5, 0.6) is 0 Å². The van der Waals surface area contributed by atoms with Crippen LogP contribution in [0, 0.1) is 12.8 Å². The van der Waals surface area contributed by atoms with E-state index in [9.17, 15) is 13.2 Å². The molecule has 1 saturated carbocycles. The van der Waals surface area contributed by atoms with Gasteiger partial charge in [0, 0.05) is 17.6 Å². The van der Waals surface area contributed by atoms with Gasteiger partial charge in [0.15, 0.2) is 0 Å². The zero-order valence-electron chi connectivity index (χ0n) is 18.8. The Hall–Kier alpha value is -2.34. The number of aryl methyl sites for hydroxylation is 1. The minimum absolute atomic E-state index is 0.229. The van der Waals surface area contributed by atoms with Crippen LogP contribution >= 0.6 is 0 Å². The highest BCUT2D eigenvalue weighted by Gasteiger charge is 2.24. The molecule has 5 nitrogen and oxygen atoms in total. The number of nitrogen functional groups attached to an aromatic ring is 1. The van der Waals surface area contributed by atoms with Crippen molar-refractivity contribution in [1.29, 1.82) is 0 Å². The summed E-state index contributed by atoms with van der Waals surface area (Å²) in [6.07, 6.45) is 5.95. The third-order valence-electron chi connectivity index (χ3n) is 5.32. The second-order valence-electron chi connectivity index (χ2n) is 8.19. The second kappa shape index (κ2) is 12.4. The van der Waals surface area contributed by atoms with Crippen LogP contribution in [0.25, 0.3) is 0 Å². The lowest BCUT2D eigenvalue weighted by Gasteiger charge is -2.15. The molecule has 0 bridgehead atoms. The largest absolute Gasteiger partial charge is 0.399 e. The van der Waals surface area contributed by atoms with Crippen LogP contribution in [0.4, 0.5) is 11.4 Å². The molecular formula is C24H36N2O3S. The van der Waals surface area contributed by atoms with Gasteiger partial charge in [-0.3, -0.25) is 4.79 Å².